The topological polar surface area (TPSA) is 105 Å². The Morgan fingerprint density at radius 2 is 1.21 bits per heavy atom. The van der Waals surface area contributed by atoms with Crippen LogP contribution in [0.15, 0.2) is 55.1 Å². The van der Waals surface area contributed by atoms with Crippen LogP contribution >= 0.6 is 0 Å². The Bertz CT molecular complexity index is 1490. The molecule has 0 N–H and O–H groups in total. The zero-order chi connectivity index (χ0) is 31.0. The van der Waals surface area contributed by atoms with E-state index in [1.54, 1.807) is 24.3 Å². The third-order valence-corrected chi connectivity index (χ3v) is 7.05. The zero-order valence-corrected chi connectivity index (χ0v) is 24.9. The van der Waals surface area contributed by atoms with Crippen molar-refractivity contribution in [3.05, 3.63) is 105 Å². The van der Waals surface area contributed by atoms with Crippen molar-refractivity contribution in [2.24, 2.45) is 0 Å². The molecule has 0 atom stereocenters. The molecule has 3 aromatic carbocycles. The van der Waals surface area contributed by atoms with Crippen molar-refractivity contribution in [2.75, 3.05) is 19.8 Å². The first kappa shape index (κ1) is 32.0. The van der Waals surface area contributed by atoms with Crippen LogP contribution in [0.3, 0.4) is 0 Å². The summed E-state index contributed by atoms with van der Waals surface area (Å²) in [5.41, 5.74) is 6.54. The number of carbonyl (C=O) groups excluding carboxylic acids is 4. The van der Waals surface area contributed by atoms with Crippen LogP contribution in [0, 0.1) is 41.5 Å². The van der Waals surface area contributed by atoms with Gasteiger partial charge in [0.2, 0.25) is 0 Å². The fourth-order valence-electron chi connectivity index (χ4n) is 4.09. The Kier molecular flexibility index (Phi) is 10.9. The standard InChI is InChI=1S/C34H36O8/c1-8-28(35)19-39-12-9-13-40-34(38)30-18-29(41-32(36)26-14-20(2)24(6)21(3)15-26)10-11-31(30)42-33(37)27-16-22(4)25(7)23(5)17-27/h8,10-11,14-18H,1,9,12-13,19H2,2-7H3. The monoisotopic (exact) mass is 572 g/mol. The fourth-order valence-corrected chi connectivity index (χ4v) is 4.09. The van der Waals surface area contributed by atoms with Crippen molar-refractivity contribution in [2.45, 2.75) is 48.0 Å². The van der Waals surface area contributed by atoms with Crippen molar-refractivity contribution < 1.29 is 38.1 Å². The number of hydrogen-bond acceptors (Lipinski definition) is 8. The third-order valence-electron chi connectivity index (χ3n) is 7.05. The lowest BCUT2D eigenvalue weighted by atomic mass is 10.0. The van der Waals surface area contributed by atoms with E-state index in [0.717, 1.165) is 33.4 Å². The molecular formula is C34H36O8. The van der Waals surface area contributed by atoms with Crippen LogP contribution in [0.1, 0.15) is 70.9 Å². The SMILES string of the molecule is C=CC(=O)COCCCOC(=O)c1cc(OC(=O)c2cc(C)c(C)c(C)c2)ccc1OC(=O)c1cc(C)c(C)c(C)c1. The zero-order valence-electron chi connectivity index (χ0n) is 24.9. The van der Waals surface area contributed by atoms with E-state index in [1.165, 1.54) is 24.3 Å². The summed E-state index contributed by atoms with van der Waals surface area (Å²) in [5.74, 6) is -2.24. The first-order chi connectivity index (χ1) is 19.9. The molecule has 0 heterocycles. The highest BCUT2D eigenvalue weighted by Gasteiger charge is 2.21. The summed E-state index contributed by atoms with van der Waals surface area (Å²) in [6.07, 6.45) is 1.50. The van der Waals surface area contributed by atoms with Gasteiger partial charge in [0.15, 0.2) is 5.78 Å². The normalized spacial score (nSPS) is 10.6. The van der Waals surface area contributed by atoms with E-state index in [0.29, 0.717) is 17.5 Å². The Balaban J connectivity index is 1.82. The number of ketones is 1. The second-order valence-electron chi connectivity index (χ2n) is 10.1. The molecule has 0 aromatic heterocycles. The molecule has 0 aliphatic heterocycles. The maximum Gasteiger partial charge on any atom is 0.343 e. The number of ether oxygens (including phenoxy) is 4. The minimum absolute atomic E-state index is 0.0171. The smallest absolute Gasteiger partial charge is 0.343 e. The lowest BCUT2D eigenvalue weighted by molar-refractivity contribution is -0.119. The maximum absolute atomic E-state index is 13.1. The quantitative estimate of drug-likeness (QED) is 0.108. The lowest BCUT2D eigenvalue weighted by Gasteiger charge is -2.14. The van der Waals surface area contributed by atoms with Crippen LogP contribution in [-0.4, -0.2) is 43.5 Å². The second kappa shape index (κ2) is 14.4. The molecule has 8 nitrogen and oxygen atoms in total. The highest BCUT2D eigenvalue weighted by atomic mass is 16.6. The van der Waals surface area contributed by atoms with E-state index in [2.05, 4.69) is 6.58 Å². The molecule has 0 aliphatic rings. The van der Waals surface area contributed by atoms with Gasteiger partial charge < -0.3 is 18.9 Å². The van der Waals surface area contributed by atoms with Gasteiger partial charge in [-0.05, 0) is 123 Å². The van der Waals surface area contributed by atoms with Crippen molar-refractivity contribution in [1.82, 2.24) is 0 Å². The van der Waals surface area contributed by atoms with Crippen molar-refractivity contribution in [1.29, 1.82) is 0 Å². The summed E-state index contributed by atoms with van der Waals surface area (Å²) in [7, 11) is 0. The fraction of sp³-hybridized carbons (Fsp3) is 0.294. The van der Waals surface area contributed by atoms with Gasteiger partial charge in [-0.15, -0.1) is 0 Å². The predicted molar refractivity (Wildman–Crippen MR) is 159 cm³/mol. The average molecular weight is 573 g/mol. The molecule has 0 saturated heterocycles. The van der Waals surface area contributed by atoms with Crippen LogP contribution in [0.5, 0.6) is 11.5 Å². The second-order valence-corrected chi connectivity index (χ2v) is 10.1. The molecule has 0 bridgehead atoms. The predicted octanol–water partition coefficient (Wildman–Crippen LogP) is 6.29. The van der Waals surface area contributed by atoms with Gasteiger partial charge in [-0.25, -0.2) is 14.4 Å². The minimum atomic E-state index is -0.781. The first-order valence-electron chi connectivity index (χ1n) is 13.6. The number of esters is 3. The Morgan fingerprint density at radius 1 is 0.690 bits per heavy atom. The third kappa shape index (κ3) is 8.24. The largest absolute Gasteiger partial charge is 0.462 e. The molecule has 0 aliphatic carbocycles. The van der Waals surface area contributed by atoms with Gasteiger partial charge in [0.05, 0.1) is 24.3 Å². The summed E-state index contributed by atoms with van der Waals surface area (Å²) in [6, 6.07) is 11.1. The summed E-state index contributed by atoms with van der Waals surface area (Å²) in [6.45, 7) is 15.0. The number of benzene rings is 3. The van der Waals surface area contributed by atoms with Gasteiger partial charge in [0.1, 0.15) is 23.7 Å². The number of rotatable bonds is 12. The van der Waals surface area contributed by atoms with Gasteiger partial charge >= 0.3 is 17.9 Å². The van der Waals surface area contributed by atoms with Crippen LogP contribution in [0.2, 0.25) is 0 Å². The molecule has 0 spiro atoms. The average Bonchev–Trinajstić information content (AvgIpc) is 2.96. The molecule has 0 unspecified atom stereocenters. The lowest BCUT2D eigenvalue weighted by Crippen LogP contribution is -2.16. The first-order valence-corrected chi connectivity index (χ1v) is 13.6. The molecule has 8 heteroatoms. The molecule has 3 rings (SSSR count). The minimum Gasteiger partial charge on any atom is -0.462 e. The molecular weight excluding hydrogens is 536 g/mol. The summed E-state index contributed by atoms with van der Waals surface area (Å²) in [5, 5.41) is 0. The molecule has 0 fully saturated rings. The van der Waals surface area contributed by atoms with Crippen LogP contribution in [-0.2, 0) is 14.3 Å². The van der Waals surface area contributed by atoms with Crippen LogP contribution in [0.25, 0.3) is 0 Å². The maximum atomic E-state index is 13.1. The number of aryl methyl sites for hydroxylation is 4. The summed E-state index contributed by atoms with van der Waals surface area (Å²) in [4.78, 5) is 50.3. The van der Waals surface area contributed by atoms with E-state index in [9.17, 15) is 19.2 Å². The van der Waals surface area contributed by atoms with Gasteiger partial charge in [0.25, 0.3) is 0 Å². The summed E-state index contributed by atoms with van der Waals surface area (Å²) >= 11 is 0. The van der Waals surface area contributed by atoms with E-state index < -0.39 is 17.9 Å². The molecule has 0 radical (unpaired) electrons. The van der Waals surface area contributed by atoms with Crippen LogP contribution < -0.4 is 9.47 Å². The number of hydrogen-bond donors (Lipinski definition) is 0. The van der Waals surface area contributed by atoms with E-state index >= 15 is 0 Å². The molecule has 220 valence electrons. The van der Waals surface area contributed by atoms with Crippen molar-refractivity contribution in [3.63, 3.8) is 0 Å². The van der Waals surface area contributed by atoms with Gasteiger partial charge in [-0.2, -0.15) is 0 Å². The molecule has 0 saturated carbocycles. The molecule has 3 aromatic rings. The van der Waals surface area contributed by atoms with Crippen molar-refractivity contribution >= 4 is 23.7 Å². The molecule has 42 heavy (non-hydrogen) atoms. The Morgan fingerprint density at radius 3 is 1.74 bits per heavy atom. The highest BCUT2D eigenvalue weighted by Crippen LogP contribution is 2.28. The number of carbonyl (C=O) groups is 4. The van der Waals surface area contributed by atoms with Gasteiger partial charge in [0, 0.05) is 6.42 Å². The van der Waals surface area contributed by atoms with E-state index in [1.807, 2.05) is 41.5 Å². The van der Waals surface area contributed by atoms with Gasteiger partial charge in [-0.3, -0.25) is 4.79 Å². The Labute approximate surface area is 246 Å². The van der Waals surface area contributed by atoms with Crippen LogP contribution in [0.4, 0.5) is 0 Å². The van der Waals surface area contributed by atoms with Crippen molar-refractivity contribution in [3.8, 4) is 11.5 Å². The highest BCUT2D eigenvalue weighted by molar-refractivity contribution is 5.97. The Hall–Kier alpha value is -4.56. The molecule has 0 amide bonds. The van der Waals surface area contributed by atoms with E-state index in [-0.39, 0.29) is 42.7 Å². The van der Waals surface area contributed by atoms with Gasteiger partial charge in [-0.1, -0.05) is 6.58 Å². The van der Waals surface area contributed by atoms with E-state index in [4.69, 9.17) is 18.9 Å². The summed E-state index contributed by atoms with van der Waals surface area (Å²) < 4.78 is 21.8.